The molecule has 0 radical (unpaired) electrons. The maximum absolute atomic E-state index is 11.7. The first-order valence-corrected chi connectivity index (χ1v) is 8.64. The quantitative estimate of drug-likeness (QED) is 0.766. The van der Waals surface area contributed by atoms with Crippen LogP contribution in [0.5, 0.6) is 0 Å². The second kappa shape index (κ2) is 6.87. The van der Waals surface area contributed by atoms with Crippen LogP contribution in [0.25, 0.3) is 0 Å². The number of hydrogen-bond acceptors (Lipinski definition) is 4. The molecule has 5 heteroatoms. The van der Waals surface area contributed by atoms with Gasteiger partial charge in [-0.3, -0.25) is 0 Å². The summed E-state index contributed by atoms with van der Waals surface area (Å²) in [6.07, 6.45) is 3.02. The maximum atomic E-state index is 11.7. The van der Waals surface area contributed by atoms with Crippen molar-refractivity contribution in [3.05, 3.63) is 0 Å². The third-order valence-corrected chi connectivity index (χ3v) is 5.52. The molecule has 1 aliphatic carbocycles. The molecule has 4 atom stereocenters. The second-order valence-corrected chi connectivity index (χ2v) is 8.25. The van der Waals surface area contributed by atoms with Crippen LogP contribution >= 0.6 is 0 Å². The van der Waals surface area contributed by atoms with Crippen LogP contribution in [0.15, 0.2) is 0 Å². The number of aliphatic hydroxyl groups excluding tert-OH is 2. The number of aliphatic hydroxyl groups is 2. The van der Waals surface area contributed by atoms with Crippen molar-refractivity contribution in [2.75, 3.05) is 18.1 Å². The van der Waals surface area contributed by atoms with Crippen molar-refractivity contribution in [2.45, 2.75) is 45.6 Å². The molecule has 0 bridgehead atoms. The highest BCUT2D eigenvalue weighted by atomic mass is 32.2. The first-order valence-electron chi connectivity index (χ1n) is 6.81. The van der Waals surface area contributed by atoms with Gasteiger partial charge >= 0.3 is 0 Å². The molecular formula is C13H26O4S. The van der Waals surface area contributed by atoms with Gasteiger partial charge in [-0.15, -0.1) is 0 Å². The van der Waals surface area contributed by atoms with Gasteiger partial charge in [0.25, 0.3) is 0 Å². The Labute approximate surface area is 110 Å². The van der Waals surface area contributed by atoms with Crippen LogP contribution in [0, 0.1) is 17.8 Å². The SMILES string of the molecule is C[C@@H]1CC(CCS(=O)(=O)C[C@H](O)CO)C[C@H](C)C1. The van der Waals surface area contributed by atoms with E-state index in [4.69, 9.17) is 5.11 Å². The largest absolute Gasteiger partial charge is 0.394 e. The van der Waals surface area contributed by atoms with Gasteiger partial charge in [-0.25, -0.2) is 8.42 Å². The first kappa shape index (κ1) is 15.9. The van der Waals surface area contributed by atoms with E-state index in [9.17, 15) is 13.5 Å². The lowest BCUT2D eigenvalue weighted by molar-refractivity contribution is 0.112. The molecule has 1 saturated carbocycles. The van der Waals surface area contributed by atoms with Gasteiger partial charge in [-0.2, -0.15) is 0 Å². The van der Waals surface area contributed by atoms with E-state index >= 15 is 0 Å². The fourth-order valence-electron chi connectivity index (χ4n) is 3.12. The Morgan fingerprint density at radius 1 is 1.17 bits per heavy atom. The van der Waals surface area contributed by atoms with Gasteiger partial charge in [0.2, 0.25) is 0 Å². The van der Waals surface area contributed by atoms with Crippen LogP contribution in [0.3, 0.4) is 0 Å². The fraction of sp³-hybridized carbons (Fsp3) is 1.00. The number of hydrogen-bond donors (Lipinski definition) is 2. The van der Waals surface area contributed by atoms with Crippen molar-refractivity contribution in [2.24, 2.45) is 17.8 Å². The van der Waals surface area contributed by atoms with E-state index in [1.165, 1.54) is 6.42 Å². The Kier molecular flexibility index (Phi) is 6.08. The highest BCUT2D eigenvalue weighted by molar-refractivity contribution is 7.91. The lowest BCUT2D eigenvalue weighted by Gasteiger charge is -2.31. The predicted octanol–water partition coefficient (Wildman–Crippen LogP) is 1.22. The van der Waals surface area contributed by atoms with E-state index in [0.717, 1.165) is 12.8 Å². The third kappa shape index (κ3) is 5.67. The summed E-state index contributed by atoms with van der Waals surface area (Å²) in [6, 6.07) is 0. The molecule has 1 fully saturated rings. The molecule has 2 N–H and O–H groups in total. The maximum Gasteiger partial charge on any atom is 0.152 e. The van der Waals surface area contributed by atoms with Crippen molar-refractivity contribution >= 4 is 9.84 Å². The molecule has 0 aromatic carbocycles. The molecule has 0 aromatic heterocycles. The minimum atomic E-state index is -3.24. The summed E-state index contributed by atoms with van der Waals surface area (Å²) >= 11 is 0. The molecule has 0 aliphatic heterocycles. The van der Waals surface area contributed by atoms with E-state index in [-0.39, 0.29) is 11.5 Å². The summed E-state index contributed by atoms with van der Waals surface area (Å²) in [5.41, 5.74) is 0. The van der Waals surface area contributed by atoms with Crippen LogP contribution < -0.4 is 0 Å². The van der Waals surface area contributed by atoms with Gasteiger partial charge in [0, 0.05) is 0 Å². The Morgan fingerprint density at radius 3 is 2.22 bits per heavy atom. The van der Waals surface area contributed by atoms with E-state index in [2.05, 4.69) is 13.8 Å². The zero-order valence-corrected chi connectivity index (χ0v) is 12.2. The van der Waals surface area contributed by atoms with Crippen LogP contribution in [0.1, 0.15) is 39.5 Å². The summed E-state index contributed by atoms with van der Waals surface area (Å²) in [5.74, 6) is 1.67. The summed E-state index contributed by atoms with van der Waals surface area (Å²) < 4.78 is 23.5. The molecule has 4 nitrogen and oxygen atoms in total. The standard InChI is InChI=1S/C13H26O4S/c1-10-5-11(2)7-12(6-10)3-4-18(16,17)9-13(15)8-14/h10-15H,3-9H2,1-2H3/t10-,11+,12?,13-/m1/s1. The molecule has 0 heterocycles. The molecular weight excluding hydrogens is 252 g/mol. The Morgan fingerprint density at radius 2 is 1.72 bits per heavy atom. The lowest BCUT2D eigenvalue weighted by Crippen LogP contribution is -2.28. The van der Waals surface area contributed by atoms with Crippen LogP contribution in [0.2, 0.25) is 0 Å². The van der Waals surface area contributed by atoms with Gasteiger partial charge in [0.1, 0.15) is 0 Å². The molecule has 18 heavy (non-hydrogen) atoms. The monoisotopic (exact) mass is 278 g/mol. The summed E-state index contributed by atoms with van der Waals surface area (Å²) in [7, 11) is -3.24. The van der Waals surface area contributed by atoms with E-state index < -0.39 is 22.5 Å². The Balaban J connectivity index is 2.39. The molecule has 108 valence electrons. The highest BCUT2D eigenvalue weighted by Crippen LogP contribution is 2.34. The molecule has 1 rings (SSSR count). The van der Waals surface area contributed by atoms with Gasteiger partial charge in [-0.1, -0.05) is 13.8 Å². The number of sulfone groups is 1. The average Bonchev–Trinajstić information content (AvgIpc) is 2.24. The van der Waals surface area contributed by atoms with Crippen LogP contribution in [0.4, 0.5) is 0 Å². The van der Waals surface area contributed by atoms with Crippen molar-refractivity contribution in [3.8, 4) is 0 Å². The normalized spacial score (nSPS) is 31.2. The van der Waals surface area contributed by atoms with E-state index in [0.29, 0.717) is 24.2 Å². The van der Waals surface area contributed by atoms with Gasteiger partial charge < -0.3 is 10.2 Å². The predicted molar refractivity (Wildman–Crippen MR) is 72.0 cm³/mol. The topological polar surface area (TPSA) is 74.6 Å². The minimum Gasteiger partial charge on any atom is -0.394 e. The van der Waals surface area contributed by atoms with Gasteiger partial charge in [0.15, 0.2) is 9.84 Å². The van der Waals surface area contributed by atoms with Crippen LogP contribution in [-0.4, -0.2) is 42.8 Å². The first-order chi connectivity index (χ1) is 8.32. The summed E-state index contributed by atoms with van der Waals surface area (Å²) in [4.78, 5) is 0. The Bertz CT molecular complexity index is 329. The molecule has 1 aliphatic rings. The summed E-state index contributed by atoms with van der Waals surface area (Å²) in [5, 5.41) is 17.9. The van der Waals surface area contributed by atoms with Crippen molar-refractivity contribution in [3.63, 3.8) is 0 Å². The summed E-state index contributed by atoms with van der Waals surface area (Å²) in [6.45, 7) is 3.97. The average molecular weight is 278 g/mol. The fourth-order valence-corrected chi connectivity index (χ4v) is 4.68. The zero-order chi connectivity index (χ0) is 13.8. The second-order valence-electron chi connectivity index (χ2n) is 6.02. The molecule has 1 unspecified atom stereocenters. The molecule has 0 amide bonds. The third-order valence-electron chi connectivity index (χ3n) is 3.77. The van der Waals surface area contributed by atoms with Gasteiger partial charge in [0.05, 0.1) is 24.2 Å². The van der Waals surface area contributed by atoms with Gasteiger partial charge in [-0.05, 0) is 43.4 Å². The minimum absolute atomic E-state index is 0.133. The molecule has 0 spiro atoms. The van der Waals surface area contributed by atoms with E-state index in [1.807, 2.05) is 0 Å². The molecule has 0 aromatic rings. The number of rotatable bonds is 6. The van der Waals surface area contributed by atoms with Crippen molar-refractivity contribution in [1.29, 1.82) is 0 Å². The van der Waals surface area contributed by atoms with Crippen molar-refractivity contribution in [1.82, 2.24) is 0 Å². The Hall–Kier alpha value is -0.130. The van der Waals surface area contributed by atoms with Crippen molar-refractivity contribution < 1.29 is 18.6 Å². The van der Waals surface area contributed by atoms with E-state index in [1.54, 1.807) is 0 Å². The zero-order valence-electron chi connectivity index (χ0n) is 11.4. The lowest BCUT2D eigenvalue weighted by atomic mass is 9.76. The highest BCUT2D eigenvalue weighted by Gasteiger charge is 2.26. The van der Waals surface area contributed by atoms with Crippen LogP contribution in [-0.2, 0) is 9.84 Å². The smallest absolute Gasteiger partial charge is 0.152 e. The molecule has 0 saturated heterocycles.